The van der Waals surface area contributed by atoms with E-state index in [-0.39, 0.29) is 25.0 Å². The van der Waals surface area contributed by atoms with Crippen molar-refractivity contribution in [1.82, 2.24) is 14.5 Å². The van der Waals surface area contributed by atoms with E-state index < -0.39 is 11.6 Å². The lowest BCUT2D eigenvalue weighted by Crippen LogP contribution is -2.36. The molecule has 3 aliphatic heterocycles. The van der Waals surface area contributed by atoms with E-state index in [1.165, 1.54) is 0 Å². The Kier molecular flexibility index (Phi) is 5.68. The smallest absolute Gasteiger partial charge is 0.309 e. The number of aliphatic hydroxyl groups is 1. The molecule has 0 spiro atoms. The van der Waals surface area contributed by atoms with Crippen LogP contribution in [-0.4, -0.2) is 51.8 Å². The van der Waals surface area contributed by atoms with Gasteiger partial charge in [0.2, 0.25) is 0 Å². The topological polar surface area (TPSA) is 93.9 Å². The Morgan fingerprint density at radius 3 is 2.69 bits per heavy atom. The van der Waals surface area contributed by atoms with Crippen LogP contribution < -0.4 is 5.56 Å². The highest BCUT2D eigenvalue weighted by Gasteiger charge is 2.40. The molecule has 36 heavy (non-hydrogen) atoms. The van der Waals surface area contributed by atoms with Crippen LogP contribution in [0, 0.1) is 6.92 Å². The number of morpholine rings is 1. The number of carbonyl (C=O) groups excluding carboxylic acids is 1. The minimum atomic E-state index is -1.46. The van der Waals surface area contributed by atoms with Crippen LogP contribution in [0.1, 0.15) is 47.6 Å². The summed E-state index contributed by atoms with van der Waals surface area (Å²) in [5, 5.41) is 13.1. The first-order valence-electron chi connectivity index (χ1n) is 12.4. The number of pyridine rings is 2. The van der Waals surface area contributed by atoms with E-state index >= 15 is 0 Å². The van der Waals surface area contributed by atoms with Crippen LogP contribution in [0.15, 0.2) is 23.0 Å². The monoisotopic (exact) mass is 509 g/mol. The van der Waals surface area contributed by atoms with E-state index in [0.717, 1.165) is 46.4 Å². The normalized spacial score (nSPS) is 21.6. The van der Waals surface area contributed by atoms with Crippen LogP contribution >= 0.6 is 11.6 Å². The van der Waals surface area contributed by atoms with Crippen LogP contribution in [0.4, 0.5) is 0 Å². The summed E-state index contributed by atoms with van der Waals surface area (Å²) < 4.78 is 12.5. The molecule has 1 saturated heterocycles. The number of hydrogen-bond donors (Lipinski definition) is 1. The average molecular weight is 510 g/mol. The lowest BCUT2D eigenvalue weighted by atomic mass is 9.85. The first-order valence-corrected chi connectivity index (χ1v) is 12.7. The van der Waals surface area contributed by atoms with Crippen molar-refractivity contribution in [1.29, 1.82) is 0 Å². The van der Waals surface area contributed by atoms with Gasteiger partial charge in [-0.1, -0.05) is 18.5 Å². The SMILES string of the molecule is CCC1(O)CC(=O)OCc2c1cc1n(c2=O)Cc2c-1nc1cc(Cl)c(C)cc1c2CN1CCOCC1. The van der Waals surface area contributed by atoms with E-state index in [2.05, 4.69) is 11.0 Å². The van der Waals surface area contributed by atoms with Crippen LogP contribution in [0.2, 0.25) is 5.02 Å². The van der Waals surface area contributed by atoms with E-state index in [1.54, 1.807) is 11.5 Å². The summed E-state index contributed by atoms with van der Waals surface area (Å²) in [4.78, 5) is 33.3. The molecule has 1 fully saturated rings. The number of fused-ring (bicyclic) bond motifs is 5. The molecular formula is C27H28ClN3O5. The minimum Gasteiger partial charge on any atom is -0.460 e. The molecular weight excluding hydrogens is 482 g/mol. The molecule has 3 aliphatic rings. The number of hydrogen-bond acceptors (Lipinski definition) is 7. The highest BCUT2D eigenvalue weighted by Crippen LogP contribution is 2.41. The minimum absolute atomic E-state index is 0.142. The van der Waals surface area contributed by atoms with Gasteiger partial charge >= 0.3 is 5.97 Å². The molecule has 188 valence electrons. The molecule has 1 aromatic carbocycles. The zero-order chi connectivity index (χ0) is 25.2. The van der Waals surface area contributed by atoms with E-state index in [1.807, 2.05) is 19.1 Å². The van der Waals surface area contributed by atoms with Gasteiger partial charge in [0.05, 0.1) is 48.6 Å². The molecule has 1 atom stereocenters. The number of nitrogens with zero attached hydrogens (tertiary/aromatic N) is 3. The highest BCUT2D eigenvalue weighted by molar-refractivity contribution is 6.32. The number of benzene rings is 1. The summed E-state index contributed by atoms with van der Waals surface area (Å²) in [6, 6.07) is 5.80. The van der Waals surface area contributed by atoms with Crippen LogP contribution in [0.25, 0.3) is 22.3 Å². The Hall–Kier alpha value is -2.78. The molecule has 0 bridgehead atoms. The maximum absolute atomic E-state index is 13.7. The molecule has 8 nitrogen and oxygen atoms in total. The van der Waals surface area contributed by atoms with Gasteiger partial charge in [-0.3, -0.25) is 14.5 Å². The number of aromatic nitrogens is 2. The van der Waals surface area contributed by atoms with Crippen molar-refractivity contribution in [3.8, 4) is 11.4 Å². The third-order valence-corrected chi connectivity index (χ3v) is 8.24. The van der Waals surface area contributed by atoms with Gasteiger partial charge in [-0.2, -0.15) is 0 Å². The van der Waals surface area contributed by atoms with Gasteiger partial charge in [0.15, 0.2) is 0 Å². The molecule has 0 amide bonds. The molecule has 0 radical (unpaired) electrons. The van der Waals surface area contributed by atoms with Crippen LogP contribution in [-0.2, 0) is 39.6 Å². The van der Waals surface area contributed by atoms with Crippen molar-refractivity contribution in [2.75, 3.05) is 26.3 Å². The predicted molar refractivity (Wildman–Crippen MR) is 135 cm³/mol. The molecule has 2 aromatic heterocycles. The summed E-state index contributed by atoms with van der Waals surface area (Å²) in [5.74, 6) is -0.512. The lowest BCUT2D eigenvalue weighted by Gasteiger charge is -2.28. The first kappa shape index (κ1) is 23.6. The third kappa shape index (κ3) is 3.66. The second-order valence-corrected chi connectivity index (χ2v) is 10.4. The molecule has 0 saturated carbocycles. The molecule has 9 heteroatoms. The van der Waals surface area contributed by atoms with Gasteiger partial charge < -0.3 is 19.1 Å². The zero-order valence-electron chi connectivity index (χ0n) is 20.4. The average Bonchev–Trinajstić information content (AvgIpc) is 3.17. The largest absolute Gasteiger partial charge is 0.460 e. The van der Waals surface area contributed by atoms with Gasteiger partial charge in [0.1, 0.15) is 12.2 Å². The number of carbonyl (C=O) groups is 1. The molecule has 1 unspecified atom stereocenters. The van der Waals surface area contributed by atoms with Gasteiger partial charge in [-0.05, 0) is 48.2 Å². The van der Waals surface area contributed by atoms with E-state index in [9.17, 15) is 14.7 Å². The number of rotatable bonds is 3. The number of esters is 1. The molecule has 1 N–H and O–H groups in total. The lowest BCUT2D eigenvalue weighted by molar-refractivity contribution is -0.149. The fourth-order valence-electron chi connectivity index (χ4n) is 5.65. The number of ether oxygens (including phenoxy) is 2. The second kappa shape index (κ2) is 8.66. The van der Waals surface area contributed by atoms with Crippen molar-refractivity contribution in [3.63, 3.8) is 0 Å². The van der Waals surface area contributed by atoms with Gasteiger partial charge in [-0.25, -0.2) is 4.98 Å². The van der Waals surface area contributed by atoms with Gasteiger partial charge in [-0.15, -0.1) is 0 Å². The van der Waals surface area contributed by atoms with Crippen molar-refractivity contribution in [2.45, 2.75) is 52.0 Å². The Labute approximate surface area is 213 Å². The zero-order valence-corrected chi connectivity index (χ0v) is 21.2. The Morgan fingerprint density at radius 2 is 1.94 bits per heavy atom. The van der Waals surface area contributed by atoms with Crippen LogP contribution in [0.5, 0.6) is 0 Å². The predicted octanol–water partition coefficient (Wildman–Crippen LogP) is 3.26. The number of cyclic esters (lactones) is 1. The van der Waals surface area contributed by atoms with Gasteiger partial charge in [0, 0.05) is 35.6 Å². The quantitative estimate of drug-likeness (QED) is 0.424. The molecule has 5 heterocycles. The molecule has 3 aromatic rings. The Morgan fingerprint density at radius 1 is 1.17 bits per heavy atom. The first-order chi connectivity index (χ1) is 17.3. The van der Waals surface area contributed by atoms with E-state index in [4.69, 9.17) is 26.1 Å². The summed E-state index contributed by atoms with van der Waals surface area (Å²) in [7, 11) is 0. The molecule has 6 rings (SSSR count). The van der Waals surface area contributed by atoms with Crippen molar-refractivity contribution >= 4 is 28.5 Å². The highest BCUT2D eigenvalue weighted by atomic mass is 35.5. The third-order valence-electron chi connectivity index (χ3n) is 7.83. The summed E-state index contributed by atoms with van der Waals surface area (Å²) in [5.41, 5.74) is 4.33. The standard InChI is InChI=1S/C27H28ClN3O5/c1-3-27(34)11-24(32)36-14-19-20(27)9-23-25-18(13-31(23)26(19)33)17(12-30-4-6-35-7-5-30)16-8-15(2)21(28)10-22(16)29-25/h8-10,34H,3-7,11-14H2,1-2H3. The maximum Gasteiger partial charge on any atom is 0.309 e. The number of aryl methyl sites for hydroxylation is 1. The van der Waals surface area contributed by atoms with Crippen molar-refractivity contribution in [3.05, 3.63) is 61.4 Å². The summed E-state index contributed by atoms with van der Waals surface area (Å²) in [6.07, 6.45) is 0.0989. The van der Waals surface area contributed by atoms with Crippen molar-refractivity contribution < 1.29 is 19.4 Å². The van der Waals surface area contributed by atoms with E-state index in [0.29, 0.717) is 48.1 Å². The van der Waals surface area contributed by atoms with Crippen LogP contribution in [0.3, 0.4) is 0 Å². The van der Waals surface area contributed by atoms with Crippen molar-refractivity contribution in [2.24, 2.45) is 0 Å². The van der Waals surface area contributed by atoms with Gasteiger partial charge in [0.25, 0.3) is 5.56 Å². The second-order valence-electron chi connectivity index (χ2n) is 9.96. The maximum atomic E-state index is 13.7. The molecule has 0 aliphatic carbocycles. The Bertz CT molecular complexity index is 1480. The number of halogens is 1. The Balaban J connectivity index is 1.59. The summed E-state index contributed by atoms with van der Waals surface area (Å²) in [6.45, 7) is 7.78. The summed E-state index contributed by atoms with van der Waals surface area (Å²) >= 11 is 6.49. The fourth-order valence-corrected chi connectivity index (χ4v) is 5.81. The fraction of sp³-hybridized carbons (Fsp3) is 0.444.